The number of hydrogen-bond acceptors (Lipinski definition) is 1. The molecule has 0 saturated heterocycles. The lowest BCUT2D eigenvalue weighted by Crippen LogP contribution is -1.68. The predicted molar refractivity (Wildman–Crippen MR) is 36.4 cm³/mol. The van der Waals surface area contributed by atoms with Crippen LogP contribution in [0.1, 0.15) is 0 Å². The number of aliphatic hydroxyl groups excluding tert-OH is 1. The molecule has 0 spiro atoms. The van der Waals surface area contributed by atoms with E-state index in [1.165, 1.54) is 0 Å². The third-order valence-corrected chi connectivity index (χ3v) is 0.666. The molecule has 42 valence electrons. The molecule has 0 heterocycles. The first kappa shape index (κ1) is 7.56. The molecule has 8 heavy (non-hydrogen) atoms. The maximum atomic E-state index is 8.11. The van der Waals surface area contributed by atoms with Crippen LogP contribution in [0.3, 0.4) is 0 Å². The average Bonchev–Trinajstić information content (AvgIpc) is 1.81. The zero-order chi connectivity index (χ0) is 6.24. The zero-order valence-corrected chi connectivity index (χ0v) is 5.83. The Morgan fingerprint density at radius 2 is 1.88 bits per heavy atom. The topological polar surface area (TPSA) is 20.2 Å². The Hall–Kier alpha value is -0.440. The third-order valence-electron chi connectivity index (χ3n) is 0.385. The number of rotatable bonds is 0. The lowest BCUT2D eigenvalue weighted by molar-refractivity contribution is 0.350. The van der Waals surface area contributed by atoms with Gasteiger partial charge in [-0.1, -0.05) is 27.8 Å². The summed E-state index contributed by atoms with van der Waals surface area (Å²) in [5, 5.41) is 8.74. The molecule has 0 radical (unpaired) electrons. The number of aliphatic hydroxyl groups is 1. The standard InChI is InChI=1S/C6H5BrO/c7-5-3-1-2-4-6-8/h8H,5-6H2. The van der Waals surface area contributed by atoms with E-state index in [4.69, 9.17) is 5.11 Å². The van der Waals surface area contributed by atoms with Crippen LogP contribution in [0.2, 0.25) is 0 Å². The fourth-order valence-corrected chi connectivity index (χ4v) is 0.302. The van der Waals surface area contributed by atoms with E-state index in [2.05, 4.69) is 39.6 Å². The lowest BCUT2D eigenvalue weighted by Gasteiger charge is -1.63. The predicted octanol–water partition coefficient (Wildman–Crippen LogP) is 0.380. The maximum Gasteiger partial charge on any atom is 0.105 e. The molecule has 0 saturated carbocycles. The molecule has 0 bridgehead atoms. The van der Waals surface area contributed by atoms with E-state index in [0.717, 1.165) is 0 Å². The van der Waals surface area contributed by atoms with E-state index < -0.39 is 0 Å². The van der Waals surface area contributed by atoms with Gasteiger partial charge in [-0.05, 0) is 11.8 Å². The van der Waals surface area contributed by atoms with Crippen molar-refractivity contribution in [1.29, 1.82) is 0 Å². The molecular formula is C6H5BrO. The van der Waals surface area contributed by atoms with Gasteiger partial charge in [0, 0.05) is 0 Å². The van der Waals surface area contributed by atoms with Crippen LogP contribution >= 0.6 is 15.9 Å². The quantitative estimate of drug-likeness (QED) is 0.414. The van der Waals surface area contributed by atoms with Crippen LogP contribution in [0.15, 0.2) is 0 Å². The Bertz CT molecular complexity index is 133. The smallest absolute Gasteiger partial charge is 0.105 e. The Morgan fingerprint density at radius 3 is 2.38 bits per heavy atom. The van der Waals surface area contributed by atoms with E-state index in [9.17, 15) is 0 Å². The van der Waals surface area contributed by atoms with Crippen LogP contribution < -0.4 is 0 Å². The first-order chi connectivity index (χ1) is 3.91. The molecule has 0 aliphatic heterocycles. The number of alkyl halides is 1. The molecule has 0 aliphatic carbocycles. The van der Waals surface area contributed by atoms with Crippen LogP contribution in [-0.2, 0) is 0 Å². The van der Waals surface area contributed by atoms with E-state index in [1.807, 2.05) is 0 Å². The molecule has 0 aliphatic rings. The van der Waals surface area contributed by atoms with E-state index in [-0.39, 0.29) is 6.61 Å². The van der Waals surface area contributed by atoms with Crippen LogP contribution in [0, 0.1) is 23.7 Å². The highest BCUT2D eigenvalue weighted by Crippen LogP contribution is 1.70. The summed E-state index contributed by atoms with van der Waals surface area (Å²) in [6.45, 7) is -0.114. The highest BCUT2D eigenvalue weighted by molar-refractivity contribution is 9.09. The summed E-state index contributed by atoms with van der Waals surface area (Å²) in [6.07, 6.45) is 0. The first-order valence-electron chi connectivity index (χ1n) is 2.04. The molecule has 0 atom stereocenters. The fraction of sp³-hybridized carbons (Fsp3) is 0.333. The molecule has 0 unspecified atom stereocenters. The Morgan fingerprint density at radius 1 is 1.25 bits per heavy atom. The second-order valence-corrected chi connectivity index (χ2v) is 1.46. The van der Waals surface area contributed by atoms with Crippen LogP contribution in [0.5, 0.6) is 0 Å². The van der Waals surface area contributed by atoms with Crippen molar-refractivity contribution in [2.24, 2.45) is 0 Å². The molecule has 0 aromatic rings. The number of halogens is 1. The van der Waals surface area contributed by atoms with E-state index in [0.29, 0.717) is 5.33 Å². The van der Waals surface area contributed by atoms with Crippen molar-refractivity contribution in [1.82, 2.24) is 0 Å². The second kappa shape index (κ2) is 6.56. The van der Waals surface area contributed by atoms with Gasteiger partial charge in [0.15, 0.2) is 0 Å². The van der Waals surface area contributed by atoms with Crippen molar-refractivity contribution in [3.8, 4) is 23.7 Å². The summed E-state index contributed by atoms with van der Waals surface area (Å²) in [4.78, 5) is 0. The second-order valence-electron chi connectivity index (χ2n) is 0.895. The minimum atomic E-state index is -0.114. The molecule has 0 aromatic heterocycles. The SMILES string of the molecule is OCC#CC#CCBr. The molecule has 0 fully saturated rings. The molecule has 1 nitrogen and oxygen atoms in total. The van der Waals surface area contributed by atoms with Gasteiger partial charge in [-0.25, -0.2) is 0 Å². The van der Waals surface area contributed by atoms with Crippen molar-refractivity contribution >= 4 is 15.9 Å². The largest absolute Gasteiger partial charge is 0.384 e. The van der Waals surface area contributed by atoms with Crippen molar-refractivity contribution in [3.63, 3.8) is 0 Å². The van der Waals surface area contributed by atoms with Crippen molar-refractivity contribution in [3.05, 3.63) is 0 Å². The van der Waals surface area contributed by atoms with Crippen LogP contribution in [0.25, 0.3) is 0 Å². The normalized spacial score (nSPS) is 5.75. The minimum Gasteiger partial charge on any atom is -0.384 e. The van der Waals surface area contributed by atoms with Crippen LogP contribution in [0.4, 0.5) is 0 Å². The Kier molecular flexibility index (Phi) is 6.20. The molecule has 2 heteroatoms. The fourth-order valence-electron chi connectivity index (χ4n) is 0.161. The monoisotopic (exact) mass is 172 g/mol. The highest BCUT2D eigenvalue weighted by atomic mass is 79.9. The van der Waals surface area contributed by atoms with Gasteiger partial charge in [-0.2, -0.15) is 0 Å². The molecular weight excluding hydrogens is 168 g/mol. The minimum absolute atomic E-state index is 0.114. The summed E-state index contributed by atoms with van der Waals surface area (Å²) in [6, 6.07) is 0. The van der Waals surface area contributed by atoms with Gasteiger partial charge < -0.3 is 5.11 Å². The van der Waals surface area contributed by atoms with E-state index >= 15 is 0 Å². The first-order valence-corrected chi connectivity index (χ1v) is 3.16. The summed E-state index contributed by atoms with van der Waals surface area (Å²) in [5.41, 5.74) is 0. The van der Waals surface area contributed by atoms with Crippen molar-refractivity contribution in [2.75, 3.05) is 11.9 Å². The van der Waals surface area contributed by atoms with Crippen molar-refractivity contribution < 1.29 is 5.11 Å². The lowest BCUT2D eigenvalue weighted by atomic mass is 10.5. The van der Waals surface area contributed by atoms with Crippen LogP contribution in [-0.4, -0.2) is 17.0 Å². The van der Waals surface area contributed by atoms with E-state index in [1.54, 1.807) is 0 Å². The average molecular weight is 173 g/mol. The summed E-state index contributed by atoms with van der Waals surface area (Å²) in [5.74, 6) is 10.0. The summed E-state index contributed by atoms with van der Waals surface area (Å²) >= 11 is 3.10. The zero-order valence-electron chi connectivity index (χ0n) is 4.24. The summed E-state index contributed by atoms with van der Waals surface area (Å²) in [7, 11) is 0. The molecule has 0 amide bonds. The number of hydrogen-bond donors (Lipinski definition) is 1. The maximum absolute atomic E-state index is 8.11. The molecule has 0 rings (SSSR count). The van der Waals surface area contributed by atoms with Gasteiger partial charge in [-0.3, -0.25) is 0 Å². The molecule has 0 aromatic carbocycles. The van der Waals surface area contributed by atoms with Crippen molar-refractivity contribution in [2.45, 2.75) is 0 Å². The summed E-state index contributed by atoms with van der Waals surface area (Å²) < 4.78 is 0. The van der Waals surface area contributed by atoms with Gasteiger partial charge in [-0.15, -0.1) is 0 Å². The highest BCUT2D eigenvalue weighted by Gasteiger charge is 1.58. The van der Waals surface area contributed by atoms with Gasteiger partial charge in [0.05, 0.1) is 5.33 Å². The van der Waals surface area contributed by atoms with Gasteiger partial charge >= 0.3 is 0 Å². The molecule has 1 N–H and O–H groups in total. The third kappa shape index (κ3) is 5.56. The van der Waals surface area contributed by atoms with Gasteiger partial charge in [0.25, 0.3) is 0 Å². The Labute approximate surface area is 57.2 Å². The van der Waals surface area contributed by atoms with Gasteiger partial charge in [0.1, 0.15) is 6.61 Å². The van der Waals surface area contributed by atoms with Gasteiger partial charge in [0.2, 0.25) is 0 Å². The Balaban J connectivity index is 3.40.